The van der Waals surface area contributed by atoms with Gasteiger partial charge in [-0.15, -0.1) is 0 Å². The lowest BCUT2D eigenvalue weighted by Crippen LogP contribution is -2.39. The zero-order valence-corrected chi connectivity index (χ0v) is 16.0. The van der Waals surface area contributed by atoms with E-state index < -0.39 is 0 Å². The summed E-state index contributed by atoms with van der Waals surface area (Å²) in [5, 5.41) is 0. The van der Waals surface area contributed by atoms with Crippen LogP contribution in [-0.2, 0) is 9.59 Å². The van der Waals surface area contributed by atoms with Gasteiger partial charge in [0.2, 0.25) is 11.8 Å². The van der Waals surface area contributed by atoms with Crippen molar-refractivity contribution in [1.82, 2.24) is 9.80 Å². The normalized spacial score (nSPS) is 18.6. The Bertz CT molecular complexity index is 595. The number of carbonyl (C=O) groups is 2. The van der Waals surface area contributed by atoms with E-state index >= 15 is 0 Å². The lowest BCUT2D eigenvalue weighted by atomic mass is 10.0. The highest BCUT2D eigenvalue weighted by atomic mass is 16.5. The highest BCUT2D eigenvalue weighted by Gasteiger charge is 2.38. The summed E-state index contributed by atoms with van der Waals surface area (Å²) in [6, 6.07) is 7.95. The highest BCUT2D eigenvalue weighted by molar-refractivity contribution is 5.89. The Labute approximate surface area is 150 Å². The summed E-state index contributed by atoms with van der Waals surface area (Å²) < 4.78 is 5.18. The van der Waals surface area contributed by atoms with Gasteiger partial charge >= 0.3 is 0 Å². The Balaban J connectivity index is 2.05. The second-order valence-electron chi connectivity index (χ2n) is 6.82. The quantitative estimate of drug-likeness (QED) is 0.761. The van der Waals surface area contributed by atoms with Gasteiger partial charge in [-0.05, 0) is 37.5 Å². The summed E-state index contributed by atoms with van der Waals surface area (Å²) in [4.78, 5) is 28.9. The van der Waals surface area contributed by atoms with Gasteiger partial charge in [-0.25, -0.2) is 0 Å². The van der Waals surface area contributed by atoms with Crippen LogP contribution >= 0.6 is 0 Å². The van der Waals surface area contributed by atoms with Crippen LogP contribution in [0.2, 0.25) is 0 Å². The fourth-order valence-electron chi connectivity index (χ4n) is 3.56. The van der Waals surface area contributed by atoms with Crippen molar-refractivity contribution >= 4 is 11.8 Å². The molecule has 0 spiro atoms. The van der Waals surface area contributed by atoms with Crippen molar-refractivity contribution in [3.8, 4) is 5.75 Å². The Morgan fingerprint density at radius 3 is 2.40 bits per heavy atom. The summed E-state index contributed by atoms with van der Waals surface area (Å²) in [6.45, 7) is 6.74. The van der Waals surface area contributed by atoms with Crippen LogP contribution in [0.1, 0.15) is 51.6 Å². The molecule has 1 aromatic rings. The molecule has 138 valence electrons. The van der Waals surface area contributed by atoms with E-state index in [1.807, 2.05) is 43.1 Å². The molecule has 0 saturated carbocycles. The monoisotopic (exact) mass is 346 g/mol. The van der Waals surface area contributed by atoms with Crippen LogP contribution in [0.25, 0.3) is 0 Å². The molecule has 5 nitrogen and oxygen atoms in total. The predicted octanol–water partition coefficient (Wildman–Crippen LogP) is 3.25. The lowest BCUT2D eigenvalue weighted by Gasteiger charge is -2.29. The lowest BCUT2D eigenvalue weighted by molar-refractivity contribution is -0.136. The average molecular weight is 346 g/mol. The second kappa shape index (κ2) is 8.37. The molecule has 0 N–H and O–H groups in total. The van der Waals surface area contributed by atoms with E-state index in [2.05, 4.69) is 13.8 Å². The smallest absolute Gasteiger partial charge is 0.228 e. The number of hydrogen-bond donors (Lipinski definition) is 0. The standard InChI is InChI=1S/C20H30N2O3/c1-6-17(7-2)22-13-16(12-19(22)23)20(24)21(4)14(3)15-8-10-18(25-5)11-9-15/h8-11,14,16-17H,6-7,12-13H2,1-5H3. The molecule has 1 heterocycles. The number of amides is 2. The van der Waals surface area contributed by atoms with Crippen molar-refractivity contribution in [3.05, 3.63) is 29.8 Å². The van der Waals surface area contributed by atoms with E-state index in [-0.39, 0.29) is 29.8 Å². The van der Waals surface area contributed by atoms with E-state index in [1.165, 1.54) is 0 Å². The summed E-state index contributed by atoms with van der Waals surface area (Å²) in [5.41, 5.74) is 1.05. The molecule has 0 aliphatic carbocycles. The average Bonchev–Trinajstić information content (AvgIpc) is 3.02. The van der Waals surface area contributed by atoms with E-state index in [0.29, 0.717) is 13.0 Å². The van der Waals surface area contributed by atoms with E-state index in [9.17, 15) is 9.59 Å². The fourth-order valence-corrected chi connectivity index (χ4v) is 3.56. The van der Waals surface area contributed by atoms with Crippen LogP contribution < -0.4 is 4.74 Å². The minimum Gasteiger partial charge on any atom is -0.497 e. The van der Waals surface area contributed by atoms with Gasteiger partial charge in [0.05, 0.1) is 19.1 Å². The topological polar surface area (TPSA) is 49.9 Å². The number of ether oxygens (including phenoxy) is 1. The number of likely N-dealkylation sites (tertiary alicyclic amines) is 1. The summed E-state index contributed by atoms with van der Waals surface area (Å²) in [6.07, 6.45) is 2.19. The Morgan fingerprint density at radius 2 is 1.88 bits per heavy atom. The molecule has 0 aromatic heterocycles. The first kappa shape index (κ1) is 19.3. The first-order valence-corrected chi connectivity index (χ1v) is 9.12. The molecule has 1 aliphatic rings. The molecule has 1 aromatic carbocycles. The number of hydrogen-bond acceptors (Lipinski definition) is 3. The molecular formula is C20H30N2O3. The van der Waals surface area contributed by atoms with Crippen molar-refractivity contribution in [3.63, 3.8) is 0 Å². The first-order valence-electron chi connectivity index (χ1n) is 9.12. The van der Waals surface area contributed by atoms with Crippen LogP contribution in [-0.4, -0.2) is 48.4 Å². The number of benzene rings is 1. The molecule has 2 unspecified atom stereocenters. The summed E-state index contributed by atoms with van der Waals surface area (Å²) in [5.74, 6) is 0.716. The maximum absolute atomic E-state index is 12.9. The van der Waals surface area contributed by atoms with Crippen molar-refractivity contribution < 1.29 is 14.3 Å². The van der Waals surface area contributed by atoms with Gasteiger partial charge in [0.1, 0.15) is 5.75 Å². The molecule has 0 radical (unpaired) electrons. The van der Waals surface area contributed by atoms with Gasteiger partial charge in [0, 0.05) is 26.1 Å². The van der Waals surface area contributed by atoms with Gasteiger partial charge in [-0.2, -0.15) is 0 Å². The Morgan fingerprint density at radius 1 is 1.28 bits per heavy atom. The minimum atomic E-state index is -0.237. The zero-order chi connectivity index (χ0) is 18.6. The van der Waals surface area contributed by atoms with Crippen molar-refractivity contribution in [2.24, 2.45) is 5.92 Å². The maximum Gasteiger partial charge on any atom is 0.228 e. The van der Waals surface area contributed by atoms with E-state index in [1.54, 1.807) is 12.0 Å². The number of carbonyl (C=O) groups excluding carboxylic acids is 2. The maximum atomic E-state index is 12.9. The SMILES string of the molecule is CCC(CC)N1CC(C(=O)N(C)C(C)c2ccc(OC)cc2)CC1=O. The van der Waals surface area contributed by atoms with Crippen LogP contribution in [0.15, 0.2) is 24.3 Å². The number of methoxy groups -OCH3 is 1. The Kier molecular flexibility index (Phi) is 6.45. The molecule has 1 aliphatic heterocycles. The van der Waals surface area contributed by atoms with Crippen molar-refractivity contribution in [2.45, 2.75) is 52.1 Å². The highest BCUT2D eigenvalue weighted by Crippen LogP contribution is 2.28. The van der Waals surface area contributed by atoms with E-state index in [4.69, 9.17) is 4.74 Å². The number of rotatable bonds is 7. The molecule has 0 bridgehead atoms. The van der Waals surface area contributed by atoms with Gasteiger partial charge in [-0.3, -0.25) is 9.59 Å². The molecule has 2 rings (SSSR count). The van der Waals surface area contributed by atoms with Crippen LogP contribution in [0, 0.1) is 5.92 Å². The molecule has 5 heteroatoms. The Hall–Kier alpha value is -2.04. The molecular weight excluding hydrogens is 316 g/mol. The van der Waals surface area contributed by atoms with Crippen LogP contribution in [0.5, 0.6) is 5.75 Å². The van der Waals surface area contributed by atoms with E-state index in [0.717, 1.165) is 24.2 Å². The largest absolute Gasteiger partial charge is 0.497 e. The summed E-state index contributed by atoms with van der Waals surface area (Å²) >= 11 is 0. The third kappa shape index (κ3) is 4.14. The van der Waals surface area contributed by atoms with Gasteiger partial charge < -0.3 is 14.5 Å². The van der Waals surface area contributed by atoms with Crippen LogP contribution in [0.4, 0.5) is 0 Å². The second-order valence-corrected chi connectivity index (χ2v) is 6.82. The predicted molar refractivity (Wildman–Crippen MR) is 98.4 cm³/mol. The third-order valence-corrected chi connectivity index (χ3v) is 5.42. The fraction of sp³-hybridized carbons (Fsp3) is 0.600. The molecule has 1 fully saturated rings. The molecule has 2 atom stereocenters. The minimum absolute atomic E-state index is 0.0456. The molecule has 25 heavy (non-hydrogen) atoms. The van der Waals surface area contributed by atoms with Gasteiger partial charge in [0.15, 0.2) is 0 Å². The first-order chi connectivity index (χ1) is 11.9. The van der Waals surface area contributed by atoms with Gasteiger partial charge in [0.25, 0.3) is 0 Å². The number of nitrogens with zero attached hydrogens (tertiary/aromatic N) is 2. The molecule has 2 amide bonds. The summed E-state index contributed by atoms with van der Waals surface area (Å²) in [7, 11) is 3.46. The van der Waals surface area contributed by atoms with Crippen molar-refractivity contribution in [2.75, 3.05) is 20.7 Å². The third-order valence-electron chi connectivity index (χ3n) is 5.42. The van der Waals surface area contributed by atoms with Crippen molar-refractivity contribution in [1.29, 1.82) is 0 Å². The van der Waals surface area contributed by atoms with Gasteiger partial charge in [-0.1, -0.05) is 26.0 Å². The van der Waals surface area contributed by atoms with Crippen LogP contribution in [0.3, 0.4) is 0 Å². The zero-order valence-electron chi connectivity index (χ0n) is 16.0. The molecule has 1 saturated heterocycles.